The molecule has 0 amide bonds. The van der Waals surface area contributed by atoms with Crippen molar-refractivity contribution in [2.45, 2.75) is 64.2 Å². The molecule has 4 heteroatoms. The molecule has 1 saturated carbocycles. The van der Waals surface area contributed by atoms with E-state index in [1.807, 2.05) is 0 Å². The molecule has 2 heterocycles. The third-order valence-electron chi connectivity index (χ3n) is 6.84. The van der Waals surface area contributed by atoms with Crippen molar-refractivity contribution in [1.82, 2.24) is 4.90 Å². The maximum Gasteiger partial charge on any atom is 0.192 e. The molecule has 124 valence electrons. The van der Waals surface area contributed by atoms with Gasteiger partial charge in [-0.15, -0.1) is 0 Å². The highest BCUT2D eigenvalue weighted by molar-refractivity contribution is 6.74. The van der Waals surface area contributed by atoms with Gasteiger partial charge < -0.3 is 4.43 Å². The lowest BCUT2D eigenvalue weighted by molar-refractivity contribution is -0.131. The van der Waals surface area contributed by atoms with Crippen LogP contribution in [0.2, 0.25) is 18.1 Å². The molecule has 2 aliphatic heterocycles. The van der Waals surface area contributed by atoms with Crippen LogP contribution < -0.4 is 0 Å². The molecular weight excluding hydrogens is 290 g/mol. The van der Waals surface area contributed by atoms with Gasteiger partial charge in [-0.1, -0.05) is 32.9 Å². The third kappa shape index (κ3) is 2.44. The first kappa shape index (κ1) is 16.4. The lowest BCUT2D eigenvalue weighted by Crippen LogP contribution is -2.56. The molecule has 22 heavy (non-hydrogen) atoms. The van der Waals surface area contributed by atoms with Crippen LogP contribution in [0.25, 0.3) is 0 Å². The summed E-state index contributed by atoms with van der Waals surface area (Å²) >= 11 is 0. The van der Waals surface area contributed by atoms with Crippen LogP contribution in [0, 0.1) is 11.3 Å². The number of hydrogen-bond donors (Lipinski definition) is 0. The Kier molecular flexibility index (Phi) is 3.74. The molecule has 3 nitrogen and oxygen atoms in total. The molecule has 1 aliphatic carbocycles. The zero-order chi connectivity index (χ0) is 16.3. The van der Waals surface area contributed by atoms with Gasteiger partial charge in [0.15, 0.2) is 8.32 Å². The molecule has 0 aromatic heterocycles. The van der Waals surface area contributed by atoms with Crippen molar-refractivity contribution in [1.29, 1.82) is 0 Å². The van der Waals surface area contributed by atoms with Crippen LogP contribution in [0.4, 0.5) is 0 Å². The lowest BCUT2D eigenvalue weighted by atomic mass is 9.64. The minimum absolute atomic E-state index is 0.0732. The Balaban J connectivity index is 1.79. The van der Waals surface area contributed by atoms with Crippen LogP contribution in [0.5, 0.6) is 0 Å². The zero-order valence-electron chi connectivity index (χ0n) is 14.9. The Hall–Kier alpha value is -0.453. The van der Waals surface area contributed by atoms with Gasteiger partial charge in [-0.25, -0.2) is 0 Å². The summed E-state index contributed by atoms with van der Waals surface area (Å²) in [4.78, 5) is 15.2. The lowest BCUT2D eigenvalue weighted by Gasteiger charge is -2.49. The number of carbonyl (C=O) groups excluding carboxylic acids is 1. The standard InChI is InChI=1S/C18H31NO2Si/c1-13-11-19-8-7-18(10-15(20)14(13)9-16(18)19)12-21-22(5,6)17(2,3)4/h14,16H,1,7-12H2,2-6H3/t14-,16-,18+/m1/s1. The number of rotatable bonds is 3. The zero-order valence-corrected chi connectivity index (χ0v) is 15.9. The molecule has 0 aromatic carbocycles. The first-order chi connectivity index (χ1) is 10.1. The first-order valence-electron chi connectivity index (χ1n) is 8.64. The van der Waals surface area contributed by atoms with Crippen molar-refractivity contribution < 1.29 is 9.22 Å². The molecular formula is C18H31NO2Si. The highest BCUT2D eigenvalue weighted by atomic mass is 28.4. The van der Waals surface area contributed by atoms with E-state index < -0.39 is 8.32 Å². The highest BCUT2D eigenvalue weighted by Gasteiger charge is 2.57. The normalized spacial score (nSPS) is 36.0. The van der Waals surface area contributed by atoms with Gasteiger partial charge in [0.05, 0.1) is 0 Å². The summed E-state index contributed by atoms with van der Waals surface area (Å²) < 4.78 is 6.56. The molecule has 2 bridgehead atoms. The summed E-state index contributed by atoms with van der Waals surface area (Å²) in [6.45, 7) is 18.4. The Morgan fingerprint density at radius 2 is 2.09 bits per heavy atom. The number of piperidine rings is 1. The molecule has 2 saturated heterocycles. The molecule has 0 aromatic rings. The van der Waals surface area contributed by atoms with Gasteiger partial charge >= 0.3 is 0 Å². The minimum atomic E-state index is -1.76. The van der Waals surface area contributed by atoms with Crippen LogP contribution in [0.15, 0.2) is 12.2 Å². The van der Waals surface area contributed by atoms with Gasteiger partial charge in [0.2, 0.25) is 0 Å². The molecule has 3 fully saturated rings. The topological polar surface area (TPSA) is 29.5 Å². The summed E-state index contributed by atoms with van der Waals surface area (Å²) in [7, 11) is -1.76. The second-order valence-corrected chi connectivity index (χ2v) is 14.0. The number of Topliss-reactive ketones (excluding diaryl/α,β-unsaturated/α-hetero) is 1. The molecule has 0 N–H and O–H groups in total. The van der Waals surface area contributed by atoms with E-state index in [-0.39, 0.29) is 16.4 Å². The molecule has 0 spiro atoms. The quantitative estimate of drug-likeness (QED) is 0.587. The van der Waals surface area contributed by atoms with E-state index >= 15 is 0 Å². The summed E-state index contributed by atoms with van der Waals surface area (Å²) in [5.74, 6) is 0.543. The van der Waals surface area contributed by atoms with E-state index in [1.54, 1.807) is 0 Å². The molecule has 3 rings (SSSR count). The average molecular weight is 322 g/mol. The smallest absolute Gasteiger partial charge is 0.192 e. The predicted octanol–water partition coefficient (Wildman–Crippen LogP) is 3.62. The van der Waals surface area contributed by atoms with Crippen molar-refractivity contribution in [2.24, 2.45) is 11.3 Å². The molecule has 3 atom stereocenters. The van der Waals surface area contributed by atoms with Crippen LogP contribution >= 0.6 is 0 Å². The van der Waals surface area contributed by atoms with E-state index in [1.165, 1.54) is 0 Å². The Labute approximate surface area is 136 Å². The fraction of sp³-hybridized carbons (Fsp3) is 0.833. The fourth-order valence-electron chi connectivity index (χ4n) is 4.22. The molecule has 3 aliphatic rings. The van der Waals surface area contributed by atoms with Gasteiger partial charge in [-0.2, -0.15) is 0 Å². The van der Waals surface area contributed by atoms with Crippen LogP contribution in [-0.2, 0) is 9.22 Å². The maximum absolute atomic E-state index is 12.6. The highest BCUT2D eigenvalue weighted by Crippen LogP contribution is 2.52. The van der Waals surface area contributed by atoms with E-state index in [4.69, 9.17) is 4.43 Å². The summed E-state index contributed by atoms with van der Waals surface area (Å²) in [5.41, 5.74) is 1.21. The number of nitrogens with zero attached hydrogens (tertiary/aromatic N) is 1. The third-order valence-corrected chi connectivity index (χ3v) is 11.3. The first-order valence-corrected chi connectivity index (χ1v) is 11.5. The van der Waals surface area contributed by atoms with E-state index in [9.17, 15) is 4.79 Å². The Bertz CT molecular complexity index is 508. The second kappa shape index (κ2) is 5.02. The van der Waals surface area contributed by atoms with Crippen molar-refractivity contribution in [2.75, 3.05) is 19.7 Å². The summed E-state index contributed by atoms with van der Waals surface area (Å²) in [6.07, 6.45) is 2.79. The van der Waals surface area contributed by atoms with Gasteiger partial charge in [-0.3, -0.25) is 9.69 Å². The number of fused-ring (bicyclic) bond motifs is 1. The van der Waals surface area contributed by atoms with E-state index in [2.05, 4.69) is 45.3 Å². The summed E-state index contributed by atoms with van der Waals surface area (Å²) in [6, 6.07) is 0.533. The van der Waals surface area contributed by atoms with E-state index in [0.29, 0.717) is 18.2 Å². The van der Waals surface area contributed by atoms with E-state index in [0.717, 1.165) is 38.1 Å². The number of hydrogen-bond acceptors (Lipinski definition) is 3. The minimum Gasteiger partial charge on any atom is -0.416 e. The maximum atomic E-state index is 12.6. The Morgan fingerprint density at radius 1 is 1.41 bits per heavy atom. The second-order valence-electron chi connectivity index (χ2n) is 9.24. The van der Waals surface area contributed by atoms with Crippen molar-refractivity contribution in [3.05, 3.63) is 12.2 Å². The van der Waals surface area contributed by atoms with Crippen LogP contribution in [0.1, 0.15) is 40.0 Å². The monoisotopic (exact) mass is 321 g/mol. The van der Waals surface area contributed by atoms with Crippen molar-refractivity contribution in [3.63, 3.8) is 0 Å². The summed E-state index contributed by atoms with van der Waals surface area (Å²) in [5, 5.41) is 0.226. The van der Waals surface area contributed by atoms with Gasteiger partial charge in [-0.05, 0) is 37.5 Å². The average Bonchev–Trinajstić information content (AvgIpc) is 2.76. The largest absolute Gasteiger partial charge is 0.416 e. The van der Waals surface area contributed by atoms with Gasteiger partial charge in [0.25, 0.3) is 0 Å². The number of ketones is 1. The van der Waals surface area contributed by atoms with Gasteiger partial charge in [0, 0.05) is 36.9 Å². The van der Waals surface area contributed by atoms with Crippen molar-refractivity contribution >= 4 is 14.1 Å². The SMILES string of the molecule is C=C1CN2CC[C@@]3(CO[Si](C)(C)C(C)(C)C)CC(=O)[C@@H]1C[C@@H]23. The predicted molar refractivity (Wildman–Crippen MR) is 92.4 cm³/mol. The molecule has 0 unspecified atom stereocenters. The van der Waals surface area contributed by atoms with Gasteiger partial charge in [0.1, 0.15) is 5.78 Å². The van der Waals surface area contributed by atoms with Crippen LogP contribution in [0.3, 0.4) is 0 Å². The molecule has 0 radical (unpaired) electrons. The van der Waals surface area contributed by atoms with Crippen LogP contribution in [-0.4, -0.2) is 44.7 Å². The fourth-order valence-corrected chi connectivity index (χ4v) is 5.30. The van der Waals surface area contributed by atoms with Crippen molar-refractivity contribution in [3.8, 4) is 0 Å². The Morgan fingerprint density at radius 3 is 2.73 bits per heavy atom. The number of carbonyl (C=O) groups is 1.